The highest BCUT2D eigenvalue weighted by Gasteiger charge is 2.21. The summed E-state index contributed by atoms with van der Waals surface area (Å²) in [6.07, 6.45) is 5.22. The van der Waals surface area contributed by atoms with Gasteiger partial charge in [0.05, 0.1) is 24.5 Å². The number of hydrogen-bond acceptors (Lipinski definition) is 5. The molecule has 29 heavy (non-hydrogen) atoms. The zero-order chi connectivity index (χ0) is 20.1. The molecule has 1 aliphatic heterocycles. The number of carbonyl (C=O) groups excluding carboxylic acids is 1. The fourth-order valence-corrected chi connectivity index (χ4v) is 3.49. The summed E-state index contributed by atoms with van der Waals surface area (Å²) in [5, 5.41) is 7.81. The van der Waals surface area contributed by atoms with Gasteiger partial charge in [0, 0.05) is 49.8 Å². The van der Waals surface area contributed by atoms with Crippen LogP contribution in [-0.4, -0.2) is 64.5 Å². The van der Waals surface area contributed by atoms with Crippen molar-refractivity contribution in [2.24, 2.45) is 0 Å². The second-order valence-corrected chi connectivity index (χ2v) is 7.20. The maximum absolute atomic E-state index is 13.1. The Morgan fingerprint density at radius 2 is 1.97 bits per heavy atom. The van der Waals surface area contributed by atoms with E-state index >= 15 is 0 Å². The number of para-hydroxylation sites is 1. The van der Waals surface area contributed by atoms with Gasteiger partial charge in [0.1, 0.15) is 5.69 Å². The Hall–Kier alpha value is -3.03. The molecule has 1 aromatic carbocycles. The minimum Gasteiger partial charge on any atom is -0.379 e. The van der Waals surface area contributed by atoms with E-state index in [1.54, 1.807) is 23.3 Å². The van der Waals surface area contributed by atoms with Crippen molar-refractivity contribution < 1.29 is 9.53 Å². The maximum Gasteiger partial charge on any atom is 0.255 e. The summed E-state index contributed by atoms with van der Waals surface area (Å²) in [5.74, 6) is -0.133. The molecule has 1 saturated heterocycles. The zero-order valence-corrected chi connectivity index (χ0v) is 16.5. The SMILES string of the molecule is CC(CN1CCOCC1)NC(=O)c1cn(-c2ccccc2)nc1-c1cccnc1. The van der Waals surface area contributed by atoms with Gasteiger partial charge >= 0.3 is 0 Å². The summed E-state index contributed by atoms with van der Waals surface area (Å²) in [4.78, 5) is 19.6. The van der Waals surface area contributed by atoms with Crippen LogP contribution in [0.3, 0.4) is 0 Å². The molecule has 4 rings (SSSR count). The summed E-state index contributed by atoms with van der Waals surface area (Å²) in [7, 11) is 0. The number of carbonyl (C=O) groups is 1. The highest BCUT2D eigenvalue weighted by atomic mass is 16.5. The number of rotatable bonds is 6. The quantitative estimate of drug-likeness (QED) is 0.699. The van der Waals surface area contributed by atoms with Crippen molar-refractivity contribution in [3.05, 3.63) is 66.6 Å². The monoisotopic (exact) mass is 391 g/mol. The highest BCUT2D eigenvalue weighted by Crippen LogP contribution is 2.23. The van der Waals surface area contributed by atoms with E-state index in [1.165, 1.54) is 0 Å². The maximum atomic E-state index is 13.1. The first-order valence-electron chi connectivity index (χ1n) is 9.87. The lowest BCUT2D eigenvalue weighted by Crippen LogP contribution is -2.46. The standard InChI is InChI=1S/C22H25N5O2/c1-17(15-26-10-12-29-13-11-26)24-22(28)20-16-27(19-7-3-2-4-8-19)25-21(20)18-6-5-9-23-14-18/h2-9,14,16-17H,10-13,15H2,1H3,(H,24,28). The molecule has 1 fully saturated rings. The van der Waals surface area contributed by atoms with Gasteiger partial charge in [-0.1, -0.05) is 18.2 Å². The molecule has 0 saturated carbocycles. The summed E-state index contributed by atoms with van der Waals surface area (Å²) in [6, 6.07) is 13.6. The van der Waals surface area contributed by atoms with Crippen molar-refractivity contribution in [1.82, 2.24) is 25.0 Å². The summed E-state index contributed by atoms with van der Waals surface area (Å²) in [5.41, 5.74) is 2.87. The molecule has 150 valence electrons. The number of ether oxygens (including phenoxy) is 1. The Morgan fingerprint density at radius 3 is 2.69 bits per heavy atom. The molecule has 7 nitrogen and oxygen atoms in total. The largest absolute Gasteiger partial charge is 0.379 e. The number of amides is 1. The van der Waals surface area contributed by atoms with Crippen molar-refractivity contribution in [2.45, 2.75) is 13.0 Å². The van der Waals surface area contributed by atoms with E-state index in [2.05, 4.69) is 20.3 Å². The Labute approximate surface area is 170 Å². The average Bonchev–Trinajstić information content (AvgIpc) is 3.21. The van der Waals surface area contributed by atoms with Gasteiger partial charge in [-0.15, -0.1) is 0 Å². The Bertz CT molecular complexity index is 936. The predicted molar refractivity (Wildman–Crippen MR) is 111 cm³/mol. The average molecular weight is 391 g/mol. The van der Waals surface area contributed by atoms with Crippen molar-refractivity contribution in [3.8, 4) is 16.9 Å². The van der Waals surface area contributed by atoms with E-state index in [4.69, 9.17) is 4.74 Å². The fourth-order valence-electron chi connectivity index (χ4n) is 3.49. The van der Waals surface area contributed by atoms with Gasteiger partial charge in [-0.25, -0.2) is 4.68 Å². The van der Waals surface area contributed by atoms with Crippen LogP contribution in [0.1, 0.15) is 17.3 Å². The predicted octanol–water partition coefficient (Wildman–Crippen LogP) is 2.38. The molecule has 1 N–H and O–H groups in total. The summed E-state index contributed by atoms with van der Waals surface area (Å²) < 4.78 is 7.14. The molecule has 0 aliphatic carbocycles. The second-order valence-electron chi connectivity index (χ2n) is 7.20. The molecule has 0 radical (unpaired) electrons. The number of aromatic nitrogens is 3. The fraction of sp³-hybridized carbons (Fsp3) is 0.318. The van der Waals surface area contributed by atoms with Gasteiger partial charge < -0.3 is 10.1 Å². The molecular weight excluding hydrogens is 366 g/mol. The van der Waals surface area contributed by atoms with E-state index < -0.39 is 0 Å². The molecule has 0 spiro atoms. The van der Waals surface area contributed by atoms with Crippen molar-refractivity contribution in [3.63, 3.8) is 0 Å². The van der Waals surface area contributed by atoms with E-state index in [9.17, 15) is 4.79 Å². The van der Waals surface area contributed by atoms with Crippen LogP contribution in [0.15, 0.2) is 61.1 Å². The lowest BCUT2D eigenvalue weighted by Gasteiger charge is -2.29. The van der Waals surface area contributed by atoms with Crippen LogP contribution < -0.4 is 5.32 Å². The van der Waals surface area contributed by atoms with Crippen LogP contribution in [0, 0.1) is 0 Å². The third-order valence-electron chi connectivity index (χ3n) is 4.93. The number of pyridine rings is 1. The number of nitrogens with zero attached hydrogens (tertiary/aromatic N) is 4. The highest BCUT2D eigenvalue weighted by molar-refractivity contribution is 6.00. The normalized spacial score (nSPS) is 15.8. The van der Waals surface area contributed by atoms with Gasteiger partial charge in [0.2, 0.25) is 0 Å². The molecule has 3 heterocycles. The topological polar surface area (TPSA) is 72.3 Å². The third kappa shape index (κ3) is 4.70. The minimum absolute atomic E-state index is 0.0161. The lowest BCUT2D eigenvalue weighted by atomic mass is 10.1. The van der Waals surface area contributed by atoms with Gasteiger partial charge in [-0.3, -0.25) is 14.7 Å². The molecule has 1 unspecified atom stereocenters. The molecule has 1 aliphatic rings. The van der Waals surface area contributed by atoms with Crippen LogP contribution in [0.4, 0.5) is 0 Å². The zero-order valence-electron chi connectivity index (χ0n) is 16.5. The van der Waals surface area contributed by atoms with Crippen LogP contribution in [0.25, 0.3) is 16.9 Å². The molecule has 1 atom stereocenters. The van der Waals surface area contributed by atoms with Crippen molar-refractivity contribution in [2.75, 3.05) is 32.8 Å². The first-order valence-corrected chi connectivity index (χ1v) is 9.87. The van der Waals surface area contributed by atoms with Crippen molar-refractivity contribution >= 4 is 5.91 Å². The van der Waals surface area contributed by atoms with Crippen LogP contribution >= 0.6 is 0 Å². The number of benzene rings is 1. The number of hydrogen-bond donors (Lipinski definition) is 1. The Kier molecular flexibility index (Phi) is 5.97. The van der Waals surface area contributed by atoms with Gasteiger partial charge in [-0.2, -0.15) is 5.10 Å². The first-order chi connectivity index (χ1) is 14.2. The van der Waals surface area contributed by atoms with E-state index in [0.717, 1.165) is 44.1 Å². The summed E-state index contributed by atoms with van der Waals surface area (Å²) >= 11 is 0. The number of nitrogens with one attached hydrogen (secondary N) is 1. The number of morpholine rings is 1. The van der Waals surface area contributed by atoms with Gasteiger partial charge in [0.25, 0.3) is 5.91 Å². The smallest absolute Gasteiger partial charge is 0.255 e. The Balaban J connectivity index is 1.57. The van der Waals surface area contributed by atoms with Crippen LogP contribution in [0.2, 0.25) is 0 Å². The second kappa shape index (κ2) is 8.98. The molecular formula is C22H25N5O2. The molecule has 1 amide bonds. The van der Waals surface area contributed by atoms with Crippen LogP contribution in [-0.2, 0) is 4.74 Å². The molecule has 0 bridgehead atoms. The minimum atomic E-state index is -0.133. The van der Waals surface area contributed by atoms with Crippen LogP contribution in [0.5, 0.6) is 0 Å². The van der Waals surface area contributed by atoms with E-state index in [0.29, 0.717) is 11.3 Å². The Morgan fingerprint density at radius 1 is 1.17 bits per heavy atom. The summed E-state index contributed by atoms with van der Waals surface area (Å²) in [6.45, 7) is 6.11. The molecule has 7 heteroatoms. The van der Waals surface area contributed by atoms with Crippen molar-refractivity contribution in [1.29, 1.82) is 0 Å². The lowest BCUT2D eigenvalue weighted by molar-refractivity contribution is 0.0342. The van der Waals surface area contributed by atoms with E-state index in [1.807, 2.05) is 49.4 Å². The van der Waals surface area contributed by atoms with Gasteiger partial charge in [-0.05, 0) is 31.2 Å². The van der Waals surface area contributed by atoms with E-state index in [-0.39, 0.29) is 11.9 Å². The molecule has 3 aromatic rings. The first kappa shape index (κ1) is 19.3. The molecule has 2 aromatic heterocycles. The third-order valence-corrected chi connectivity index (χ3v) is 4.93. The van der Waals surface area contributed by atoms with Gasteiger partial charge in [0.15, 0.2) is 0 Å².